The molecule has 0 bridgehead atoms. The van der Waals surface area contributed by atoms with Crippen molar-refractivity contribution in [1.82, 2.24) is 4.72 Å². The highest BCUT2D eigenvalue weighted by Gasteiger charge is 2.12. The van der Waals surface area contributed by atoms with Crippen LogP contribution in [0.4, 0.5) is 0 Å². The molecule has 1 rings (SSSR count). The number of sulfonamides is 1. The van der Waals surface area contributed by atoms with Crippen molar-refractivity contribution in [3.05, 3.63) is 29.8 Å². The zero-order chi connectivity index (χ0) is 11.3. The normalized spacial score (nSPS) is 10.9. The maximum atomic E-state index is 11.6. The number of rotatable bonds is 4. The number of alkyl halides is 1. The highest BCUT2D eigenvalue weighted by molar-refractivity contribution is 9.09. The number of hydrogen-bond acceptors (Lipinski definition) is 3. The van der Waals surface area contributed by atoms with Gasteiger partial charge in [-0.3, -0.25) is 0 Å². The molecule has 0 spiro atoms. The highest BCUT2D eigenvalue weighted by Crippen LogP contribution is 2.10. The first-order chi connectivity index (χ1) is 7.10. The Balaban J connectivity index is 3.01. The topological polar surface area (TPSA) is 70.0 Å². The van der Waals surface area contributed by atoms with Crippen LogP contribution < -0.4 is 4.72 Å². The molecule has 6 heteroatoms. The lowest BCUT2D eigenvalue weighted by Gasteiger charge is -2.04. The molecular formula is C9H9BrN2O2S. The Hall–Kier alpha value is -0.900. The minimum atomic E-state index is -3.49. The van der Waals surface area contributed by atoms with Crippen molar-refractivity contribution in [3.63, 3.8) is 0 Å². The predicted octanol–water partition coefficient (Wildman–Crippen LogP) is 1.23. The second-order valence-corrected chi connectivity index (χ2v) is 5.29. The molecule has 0 saturated carbocycles. The summed E-state index contributed by atoms with van der Waals surface area (Å²) < 4.78 is 25.6. The summed E-state index contributed by atoms with van der Waals surface area (Å²) in [5.74, 6) is 0. The van der Waals surface area contributed by atoms with E-state index in [1.165, 1.54) is 12.1 Å². The summed E-state index contributed by atoms with van der Waals surface area (Å²) in [6.07, 6.45) is 0. The van der Waals surface area contributed by atoms with Crippen molar-refractivity contribution < 1.29 is 8.42 Å². The Labute approximate surface area is 97.1 Å². The fourth-order valence-corrected chi connectivity index (χ4v) is 2.53. The Morgan fingerprint density at radius 3 is 2.80 bits per heavy atom. The summed E-state index contributed by atoms with van der Waals surface area (Å²) in [7, 11) is -3.49. The minimum Gasteiger partial charge on any atom is -0.210 e. The predicted molar refractivity (Wildman–Crippen MR) is 60.1 cm³/mol. The lowest BCUT2D eigenvalue weighted by molar-refractivity contribution is 0.584. The molecule has 0 aliphatic heterocycles. The largest absolute Gasteiger partial charge is 0.240 e. The molecule has 0 radical (unpaired) electrons. The van der Waals surface area contributed by atoms with Gasteiger partial charge in [0.1, 0.15) is 0 Å². The van der Waals surface area contributed by atoms with E-state index in [0.29, 0.717) is 17.4 Å². The van der Waals surface area contributed by atoms with Crippen molar-refractivity contribution in [1.29, 1.82) is 5.26 Å². The Morgan fingerprint density at radius 1 is 1.47 bits per heavy atom. The summed E-state index contributed by atoms with van der Waals surface area (Å²) in [5.41, 5.74) is 0.330. The molecule has 0 atom stereocenters. The van der Waals surface area contributed by atoms with Crippen LogP contribution in [0.15, 0.2) is 29.2 Å². The van der Waals surface area contributed by atoms with Gasteiger partial charge in [-0.15, -0.1) is 0 Å². The Bertz CT molecular complexity index is 479. The summed E-state index contributed by atoms with van der Waals surface area (Å²) in [6, 6.07) is 7.80. The fraction of sp³-hybridized carbons (Fsp3) is 0.222. The molecule has 80 valence electrons. The van der Waals surface area contributed by atoms with Crippen molar-refractivity contribution >= 4 is 26.0 Å². The highest BCUT2D eigenvalue weighted by atomic mass is 79.9. The van der Waals surface area contributed by atoms with Gasteiger partial charge in [-0.2, -0.15) is 5.26 Å². The lowest BCUT2D eigenvalue weighted by atomic mass is 10.2. The van der Waals surface area contributed by atoms with E-state index in [-0.39, 0.29) is 4.90 Å². The van der Waals surface area contributed by atoms with Gasteiger partial charge >= 0.3 is 0 Å². The van der Waals surface area contributed by atoms with Gasteiger partial charge in [-0.1, -0.05) is 22.0 Å². The van der Waals surface area contributed by atoms with Crippen molar-refractivity contribution in [3.8, 4) is 6.07 Å². The van der Waals surface area contributed by atoms with Crippen LogP contribution in [0.2, 0.25) is 0 Å². The lowest BCUT2D eigenvalue weighted by Crippen LogP contribution is -2.25. The van der Waals surface area contributed by atoms with E-state index in [2.05, 4.69) is 20.7 Å². The van der Waals surface area contributed by atoms with Crippen molar-refractivity contribution in [2.45, 2.75) is 4.90 Å². The average molecular weight is 289 g/mol. The molecule has 0 heterocycles. The van der Waals surface area contributed by atoms with Gasteiger partial charge in [0.2, 0.25) is 10.0 Å². The number of nitriles is 1. The second kappa shape index (κ2) is 5.26. The number of hydrogen-bond donors (Lipinski definition) is 1. The smallest absolute Gasteiger partial charge is 0.210 e. The third-order valence-corrected chi connectivity index (χ3v) is 3.52. The molecule has 15 heavy (non-hydrogen) atoms. The van der Waals surface area contributed by atoms with Crippen LogP contribution in [-0.4, -0.2) is 20.3 Å². The first-order valence-corrected chi connectivity index (χ1v) is 6.76. The number of halogens is 1. The van der Waals surface area contributed by atoms with Crippen LogP contribution in [0, 0.1) is 11.3 Å². The number of benzene rings is 1. The Morgan fingerprint density at radius 2 is 2.20 bits per heavy atom. The van der Waals surface area contributed by atoms with Gasteiger partial charge in [-0.05, 0) is 18.2 Å². The van der Waals surface area contributed by atoms with E-state index in [4.69, 9.17) is 5.26 Å². The van der Waals surface area contributed by atoms with E-state index in [1.807, 2.05) is 6.07 Å². The summed E-state index contributed by atoms with van der Waals surface area (Å²) >= 11 is 3.12. The van der Waals surface area contributed by atoms with Gasteiger partial charge in [0.05, 0.1) is 16.5 Å². The maximum absolute atomic E-state index is 11.6. The van der Waals surface area contributed by atoms with Crippen LogP contribution in [-0.2, 0) is 10.0 Å². The molecule has 0 aliphatic rings. The summed E-state index contributed by atoms with van der Waals surface area (Å²) in [6.45, 7) is 0.319. The molecule has 0 fully saturated rings. The number of nitrogens with zero attached hydrogens (tertiary/aromatic N) is 1. The monoisotopic (exact) mass is 288 g/mol. The standard InChI is InChI=1S/C9H9BrN2O2S/c10-4-5-12-15(13,14)9-3-1-2-8(6-9)7-11/h1-3,6,12H,4-5H2. The Kier molecular flexibility index (Phi) is 4.27. The van der Waals surface area contributed by atoms with Gasteiger partial charge in [-0.25, -0.2) is 13.1 Å². The van der Waals surface area contributed by atoms with E-state index in [9.17, 15) is 8.42 Å². The molecular weight excluding hydrogens is 280 g/mol. The van der Waals surface area contributed by atoms with Crippen molar-refractivity contribution in [2.24, 2.45) is 0 Å². The first-order valence-electron chi connectivity index (χ1n) is 4.16. The third-order valence-electron chi connectivity index (χ3n) is 1.66. The molecule has 1 aromatic rings. The van der Waals surface area contributed by atoms with Gasteiger partial charge in [0.15, 0.2) is 0 Å². The van der Waals surface area contributed by atoms with Crippen LogP contribution in [0.25, 0.3) is 0 Å². The molecule has 0 aromatic heterocycles. The van der Waals surface area contributed by atoms with E-state index >= 15 is 0 Å². The third kappa shape index (κ3) is 3.30. The average Bonchev–Trinajstić information content (AvgIpc) is 2.26. The summed E-state index contributed by atoms with van der Waals surface area (Å²) in [5, 5.41) is 9.18. The van der Waals surface area contributed by atoms with Gasteiger partial charge < -0.3 is 0 Å². The molecule has 0 amide bonds. The van der Waals surface area contributed by atoms with E-state index < -0.39 is 10.0 Å². The van der Waals surface area contributed by atoms with Gasteiger partial charge in [0.25, 0.3) is 0 Å². The molecule has 0 saturated heterocycles. The first kappa shape index (κ1) is 12.2. The quantitative estimate of drug-likeness (QED) is 0.848. The van der Waals surface area contributed by atoms with Crippen molar-refractivity contribution in [2.75, 3.05) is 11.9 Å². The number of nitrogens with one attached hydrogen (secondary N) is 1. The fourth-order valence-electron chi connectivity index (χ4n) is 0.989. The molecule has 1 aromatic carbocycles. The minimum absolute atomic E-state index is 0.113. The maximum Gasteiger partial charge on any atom is 0.240 e. The van der Waals surface area contributed by atoms with Crippen LogP contribution in [0.1, 0.15) is 5.56 Å². The molecule has 1 N–H and O–H groups in total. The molecule has 4 nitrogen and oxygen atoms in total. The second-order valence-electron chi connectivity index (χ2n) is 2.73. The van der Waals surface area contributed by atoms with E-state index in [1.54, 1.807) is 12.1 Å². The zero-order valence-corrected chi connectivity index (χ0v) is 10.2. The van der Waals surface area contributed by atoms with Crippen LogP contribution in [0.5, 0.6) is 0 Å². The molecule has 0 aliphatic carbocycles. The van der Waals surface area contributed by atoms with Crippen LogP contribution in [0.3, 0.4) is 0 Å². The van der Waals surface area contributed by atoms with E-state index in [0.717, 1.165) is 0 Å². The SMILES string of the molecule is N#Cc1cccc(S(=O)(=O)NCCBr)c1. The molecule has 0 unspecified atom stereocenters. The zero-order valence-electron chi connectivity index (χ0n) is 7.77. The van der Waals surface area contributed by atoms with Crippen LogP contribution >= 0.6 is 15.9 Å². The van der Waals surface area contributed by atoms with Gasteiger partial charge in [0, 0.05) is 11.9 Å². The summed E-state index contributed by atoms with van der Waals surface area (Å²) in [4.78, 5) is 0.113.